The number of sulfonamides is 1. The van der Waals surface area contributed by atoms with E-state index in [2.05, 4.69) is 4.72 Å². The molecule has 1 aliphatic heterocycles. The highest BCUT2D eigenvalue weighted by atomic mass is 35.5. The highest BCUT2D eigenvalue weighted by Gasteiger charge is 2.30. The van der Waals surface area contributed by atoms with Crippen LogP contribution in [0.25, 0.3) is 10.8 Å². The summed E-state index contributed by atoms with van der Waals surface area (Å²) < 4.78 is 28.7. The molecule has 0 bridgehead atoms. The highest BCUT2D eigenvalue weighted by molar-refractivity contribution is 7.93. The molecule has 0 saturated carbocycles. The monoisotopic (exact) mass is 386 g/mol. The molecule has 0 unspecified atom stereocenters. The van der Waals surface area contributed by atoms with Crippen molar-refractivity contribution in [3.8, 4) is 0 Å². The van der Waals surface area contributed by atoms with Gasteiger partial charge in [0.1, 0.15) is 0 Å². The number of amides is 1. The van der Waals surface area contributed by atoms with Gasteiger partial charge in [-0.05, 0) is 42.8 Å². The molecular formula is C19H15ClN2O3S. The standard InChI is InChI=1S/C19H15ClN2O3S/c1-11-14(20)7-4-8-15(11)21-26(24,25)17-10-9-16-18-12(17)5-3-6-13(18)19(23)22(16)2/h3-10,21H,1-2H3. The molecule has 0 radical (unpaired) electrons. The van der Waals surface area contributed by atoms with E-state index in [-0.39, 0.29) is 10.8 Å². The number of nitrogens with zero attached hydrogens (tertiary/aromatic N) is 1. The van der Waals surface area contributed by atoms with Crippen LogP contribution in [0.3, 0.4) is 0 Å². The van der Waals surface area contributed by atoms with Gasteiger partial charge in [-0.15, -0.1) is 0 Å². The molecule has 26 heavy (non-hydrogen) atoms. The average molecular weight is 387 g/mol. The van der Waals surface area contributed by atoms with Gasteiger partial charge in [0.2, 0.25) is 0 Å². The maximum atomic E-state index is 13.0. The minimum Gasteiger partial charge on any atom is -0.311 e. The second kappa shape index (κ2) is 5.72. The zero-order chi connectivity index (χ0) is 18.6. The smallest absolute Gasteiger partial charge is 0.262 e. The number of carbonyl (C=O) groups excluding carboxylic acids is 1. The molecule has 3 aromatic carbocycles. The fourth-order valence-corrected chi connectivity index (χ4v) is 4.76. The molecule has 0 aromatic heterocycles. The van der Waals surface area contributed by atoms with E-state index in [1.165, 1.54) is 11.0 Å². The molecule has 0 fully saturated rings. The summed E-state index contributed by atoms with van der Waals surface area (Å²) in [5.74, 6) is -0.140. The molecule has 132 valence electrons. The topological polar surface area (TPSA) is 66.5 Å². The van der Waals surface area contributed by atoms with Crippen LogP contribution in [0.5, 0.6) is 0 Å². The van der Waals surface area contributed by atoms with Crippen LogP contribution in [0, 0.1) is 6.92 Å². The fourth-order valence-electron chi connectivity index (χ4n) is 3.26. The molecule has 0 spiro atoms. The number of benzene rings is 3. The highest BCUT2D eigenvalue weighted by Crippen LogP contribution is 2.39. The van der Waals surface area contributed by atoms with Crippen molar-refractivity contribution in [2.24, 2.45) is 0 Å². The molecule has 0 aliphatic carbocycles. The van der Waals surface area contributed by atoms with Gasteiger partial charge in [-0.25, -0.2) is 8.42 Å². The van der Waals surface area contributed by atoms with Crippen molar-refractivity contribution in [1.29, 1.82) is 0 Å². The third-order valence-electron chi connectivity index (χ3n) is 4.68. The average Bonchev–Trinajstić information content (AvgIpc) is 2.86. The third kappa shape index (κ3) is 2.37. The first-order valence-corrected chi connectivity index (χ1v) is 9.79. The number of hydrogen-bond acceptors (Lipinski definition) is 3. The van der Waals surface area contributed by atoms with E-state index in [1.54, 1.807) is 56.4 Å². The first kappa shape index (κ1) is 16.9. The van der Waals surface area contributed by atoms with Crippen molar-refractivity contribution in [1.82, 2.24) is 0 Å². The van der Waals surface area contributed by atoms with Crippen LogP contribution >= 0.6 is 11.6 Å². The Bertz CT molecular complexity index is 1190. The molecule has 5 nitrogen and oxygen atoms in total. The predicted molar refractivity (Wildman–Crippen MR) is 104 cm³/mol. The molecule has 4 rings (SSSR count). The second-order valence-corrected chi connectivity index (χ2v) is 8.25. The summed E-state index contributed by atoms with van der Waals surface area (Å²) in [5, 5.41) is 1.66. The lowest BCUT2D eigenvalue weighted by atomic mass is 10.1. The normalized spacial score (nSPS) is 13.5. The molecule has 1 heterocycles. The van der Waals surface area contributed by atoms with E-state index in [4.69, 9.17) is 11.6 Å². The second-order valence-electron chi connectivity index (χ2n) is 6.19. The molecule has 1 N–H and O–H groups in total. The van der Waals surface area contributed by atoms with Crippen LogP contribution in [-0.4, -0.2) is 21.4 Å². The Morgan fingerprint density at radius 1 is 1.04 bits per heavy atom. The van der Waals surface area contributed by atoms with E-state index in [9.17, 15) is 13.2 Å². The number of carbonyl (C=O) groups is 1. The Labute approximate surface area is 156 Å². The van der Waals surface area contributed by atoms with Crippen LogP contribution < -0.4 is 9.62 Å². The predicted octanol–water partition coefficient (Wildman–Crippen LogP) is 4.19. The van der Waals surface area contributed by atoms with E-state index in [0.29, 0.717) is 38.3 Å². The lowest BCUT2D eigenvalue weighted by molar-refractivity contribution is 0.0999. The van der Waals surface area contributed by atoms with Crippen molar-refractivity contribution >= 4 is 49.7 Å². The van der Waals surface area contributed by atoms with Gasteiger partial charge in [0.05, 0.1) is 16.3 Å². The lowest BCUT2D eigenvalue weighted by Gasteiger charge is -2.14. The van der Waals surface area contributed by atoms with Crippen molar-refractivity contribution in [3.05, 3.63) is 64.7 Å². The summed E-state index contributed by atoms with van der Waals surface area (Å²) in [6.45, 7) is 1.75. The van der Waals surface area contributed by atoms with Gasteiger partial charge in [-0.3, -0.25) is 9.52 Å². The minimum absolute atomic E-state index is 0.126. The first-order chi connectivity index (χ1) is 12.3. The first-order valence-electron chi connectivity index (χ1n) is 7.93. The summed E-state index contributed by atoms with van der Waals surface area (Å²) in [6.07, 6.45) is 0. The van der Waals surface area contributed by atoms with Crippen LogP contribution in [0.15, 0.2) is 53.4 Å². The Morgan fingerprint density at radius 3 is 2.54 bits per heavy atom. The van der Waals surface area contributed by atoms with Gasteiger partial charge in [-0.2, -0.15) is 0 Å². The van der Waals surface area contributed by atoms with Gasteiger partial charge < -0.3 is 4.90 Å². The number of nitrogens with one attached hydrogen (secondary N) is 1. The maximum absolute atomic E-state index is 13.0. The molecular weight excluding hydrogens is 372 g/mol. The largest absolute Gasteiger partial charge is 0.311 e. The van der Waals surface area contributed by atoms with Gasteiger partial charge in [0.15, 0.2) is 0 Å². The lowest BCUT2D eigenvalue weighted by Crippen LogP contribution is -2.20. The SMILES string of the molecule is Cc1c(Cl)cccc1NS(=O)(=O)c1ccc2c3c(cccc13)C(=O)N2C. The number of halogens is 1. The zero-order valence-corrected chi connectivity index (χ0v) is 15.6. The van der Waals surface area contributed by atoms with E-state index in [0.717, 1.165) is 0 Å². The van der Waals surface area contributed by atoms with Crippen molar-refractivity contribution in [2.75, 3.05) is 16.7 Å². The van der Waals surface area contributed by atoms with Gasteiger partial charge in [0.25, 0.3) is 15.9 Å². The molecule has 3 aromatic rings. The molecule has 0 atom stereocenters. The Balaban J connectivity index is 1.90. The summed E-state index contributed by atoms with van der Waals surface area (Å²) in [6, 6.07) is 13.4. The van der Waals surface area contributed by atoms with Crippen molar-refractivity contribution in [3.63, 3.8) is 0 Å². The molecule has 1 aliphatic rings. The van der Waals surface area contributed by atoms with Crippen molar-refractivity contribution < 1.29 is 13.2 Å². The number of rotatable bonds is 3. The van der Waals surface area contributed by atoms with Crippen LogP contribution in [0.1, 0.15) is 15.9 Å². The summed E-state index contributed by atoms with van der Waals surface area (Å²) in [4.78, 5) is 14.0. The van der Waals surface area contributed by atoms with Gasteiger partial charge in [0, 0.05) is 28.4 Å². The fraction of sp³-hybridized carbons (Fsp3) is 0.105. The van der Waals surface area contributed by atoms with Gasteiger partial charge >= 0.3 is 0 Å². The molecule has 7 heteroatoms. The number of hydrogen-bond donors (Lipinski definition) is 1. The van der Waals surface area contributed by atoms with Gasteiger partial charge in [-0.1, -0.05) is 29.8 Å². The van der Waals surface area contributed by atoms with E-state index in [1.807, 2.05) is 0 Å². The minimum atomic E-state index is -3.86. The Kier molecular flexibility index (Phi) is 3.71. The van der Waals surface area contributed by atoms with Crippen LogP contribution in [0.4, 0.5) is 11.4 Å². The van der Waals surface area contributed by atoms with E-state index < -0.39 is 10.0 Å². The van der Waals surface area contributed by atoms with E-state index >= 15 is 0 Å². The quantitative estimate of drug-likeness (QED) is 0.733. The Morgan fingerprint density at radius 2 is 1.77 bits per heavy atom. The zero-order valence-electron chi connectivity index (χ0n) is 14.1. The summed E-state index contributed by atoms with van der Waals surface area (Å²) >= 11 is 6.09. The molecule has 0 saturated heterocycles. The van der Waals surface area contributed by atoms with Crippen molar-refractivity contribution in [2.45, 2.75) is 11.8 Å². The van der Waals surface area contributed by atoms with Crippen LogP contribution in [-0.2, 0) is 10.0 Å². The third-order valence-corrected chi connectivity index (χ3v) is 6.51. The van der Waals surface area contributed by atoms with Crippen LogP contribution in [0.2, 0.25) is 5.02 Å². The molecule has 1 amide bonds. The number of anilines is 2. The maximum Gasteiger partial charge on any atom is 0.262 e. The summed E-state index contributed by atoms with van der Waals surface area (Å²) in [7, 11) is -2.18. The summed E-state index contributed by atoms with van der Waals surface area (Å²) in [5.41, 5.74) is 2.29. The Hall–Kier alpha value is -2.57.